The molecular formula is C25H34O3. The van der Waals surface area contributed by atoms with Crippen LogP contribution in [0.4, 0.5) is 4.79 Å². The molecule has 0 N–H and O–H groups in total. The summed E-state index contributed by atoms with van der Waals surface area (Å²) in [6.07, 6.45) is 7.24. The van der Waals surface area contributed by atoms with Crippen LogP contribution in [0.3, 0.4) is 0 Å². The van der Waals surface area contributed by atoms with Crippen LogP contribution in [0.1, 0.15) is 82.1 Å². The SMILES string of the molecule is CCCCCC(OC(=O)Oc1ccc(CCC)cc1CCC)c1ccccc1. The lowest BCUT2D eigenvalue weighted by atomic mass is 10.0. The molecule has 1 atom stereocenters. The number of hydrogen-bond acceptors (Lipinski definition) is 3. The average Bonchev–Trinajstić information content (AvgIpc) is 2.70. The highest BCUT2D eigenvalue weighted by Crippen LogP contribution is 2.27. The highest BCUT2D eigenvalue weighted by molar-refractivity contribution is 5.65. The minimum absolute atomic E-state index is 0.269. The normalized spacial score (nSPS) is 11.8. The summed E-state index contributed by atoms with van der Waals surface area (Å²) in [6.45, 7) is 6.47. The Balaban J connectivity index is 2.08. The van der Waals surface area contributed by atoms with E-state index in [0.717, 1.165) is 62.5 Å². The summed E-state index contributed by atoms with van der Waals surface area (Å²) in [5, 5.41) is 0. The summed E-state index contributed by atoms with van der Waals surface area (Å²) < 4.78 is 11.4. The van der Waals surface area contributed by atoms with Crippen LogP contribution in [-0.4, -0.2) is 6.16 Å². The average molecular weight is 383 g/mol. The molecule has 0 saturated carbocycles. The molecular weight excluding hydrogens is 348 g/mol. The van der Waals surface area contributed by atoms with Gasteiger partial charge in [0.25, 0.3) is 0 Å². The molecule has 0 fully saturated rings. The van der Waals surface area contributed by atoms with E-state index in [1.807, 2.05) is 42.5 Å². The Kier molecular flexibility index (Phi) is 9.61. The van der Waals surface area contributed by atoms with Crippen molar-refractivity contribution in [2.45, 2.75) is 78.2 Å². The molecule has 0 saturated heterocycles. The van der Waals surface area contributed by atoms with Crippen LogP contribution in [0.2, 0.25) is 0 Å². The lowest BCUT2D eigenvalue weighted by molar-refractivity contribution is 0.0526. The summed E-state index contributed by atoms with van der Waals surface area (Å²) >= 11 is 0. The van der Waals surface area contributed by atoms with Gasteiger partial charge in [-0.25, -0.2) is 4.79 Å². The van der Waals surface area contributed by atoms with Crippen LogP contribution < -0.4 is 4.74 Å². The maximum absolute atomic E-state index is 12.6. The molecule has 0 heterocycles. The molecule has 2 rings (SSSR count). The fraction of sp³-hybridized carbons (Fsp3) is 0.480. The molecule has 152 valence electrons. The molecule has 0 spiro atoms. The van der Waals surface area contributed by atoms with E-state index in [0.29, 0.717) is 5.75 Å². The molecule has 1 unspecified atom stereocenters. The maximum atomic E-state index is 12.6. The van der Waals surface area contributed by atoms with Crippen molar-refractivity contribution < 1.29 is 14.3 Å². The number of carbonyl (C=O) groups excluding carboxylic acids is 1. The molecule has 0 amide bonds. The fourth-order valence-corrected chi connectivity index (χ4v) is 3.41. The van der Waals surface area contributed by atoms with E-state index >= 15 is 0 Å². The van der Waals surface area contributed by atoms with Crippen molar-refractivity contribution in [3.05, 3.63) is 65.2 Å². The number of carbonyl (C=O) groups is 1. The van der Waals surface area contributed by atoms with E-state index in [1.54, 1.807) is 0 Å². The number of benzene rings is 2. The zero-order valence-corrected chi connectivity index (χ0v) is 17.6. The van der Waals surface area contributed by atoms with Gasteiger partial charge in [0, 0.05) is 0 Å². The van der Waals surface area contributed by atoms with Crippen LogP contribution in [0.5, 0.6) is 5.75 Å². The second-order valence-corrected chi connectivity index (χ2v) is 7.31. The summed E-state index contributed by atoms with van der Waals surface area (Å²) in [4.78, 5) is 12.6. The molecule has 0 bridgehead atoms. The quantitative estimate of drug-likeness (QED) is 0.230. The number of unbranched alkanes of at least 4 members (excludes halogenated alkanes) is 2. The van der Waals surface area contributed by atoms with Gasteiger partial charge in [0.05, 0.1) is 0 Å². The highest BCUT2D eigenvalue weighted by atomic mass is 16.7. The minimum Gasteiger partial charge on any atom is -0.426 e. The molecule has 0 aliphatic heterocycles. The number of aryl methyl sites for hydroxylation is 2. The van der Waals surface area contributed by atoms with E-state index in [-0.39, 0.29) is 6.10 Å². The first-order valence-corrected chi connectivity index (χ1v) is 10.7. The summed E-state index contributed by atoms with van der Waals surface area (Å²) in [7, 11) is 0. The monoisotopic (exact) mass is 382 g/mol. The summed E-state index contributed by atoms with van der Waals surface area (Å²) in [5.41, 5.74) is 3.38. The Labute approximate surface area is 170 Å². The highest BCUT2D eigenvalue weighted by Gasteiger charge is 2.19. The molecule has 0 aromatic heterocycles. The van der Waals surface area contributed by atoms with Crippen LogP contribution >= 0.6 is 0 Å². The maximum Gasteiger partial charge on any atom is 0.514 e. The molecule has 0 radical (unpaired) electrons. The lowest BCUT2D eigenvalue weighted by Gasteiger charge is -2.19. The first-order valence-electron chi connectivity index (χ1n) is 10.7. The van der Waals surface area contributed by atoms with Gasteiger partial charge < -0.3 is 9.47 Å². The topological polar surface area (TPSA) is 35.5 Å². The third-order valence-electron chi connectivity index (χ3n) is 4.86. The van der Waals surface area contributed by atoms with Gasteiger partial charge in [-0.15, -0.1) is 0 Å². The Morgan fingerprint density at radius 2 is 1.64 bits per heavy atom. The fourth-order valence-electron chi connectivity index (χ4n) is 3.41. The molecule has 0 aliphatic rings. The zero-order valence-electron chi connectivity index (χ0n) is 17.6. The second-order valence-electron chi connectivity index (χ2n) is 7.31. The number of hydrogen-bond donors (Lipinski definition) is 0. The van der Waals surface area contributed by atoms with Gasteiger partial charge in [0.15, 0.2) is 0 Å². The van der Waals surface area contributed by atoms with Crippen LogP contribution in [0.15, 0.2) is 48.5 Å². The van der Waals surface area contributed by atoms with E-state index in [1.165, 1.54) is 5.56 Å². The van der Waals surface area contributed by atoms with Crippen molar-refractivity contribution in [3.63, 3.8) is 0 Å². The van der Waals surface area contributed by atoms with Crippen molar-refractivity contribution in [2.75, 3.05) is 0 Å². The van der Waals surface area contributed by atoms with E-state index in [9.17, 15) is 4.79 Å². The lowest BCUT2D eigenvalue weighted by Crippen LogP contribution is -2.16. The van der Waals surface area contributed by atoms with Gasteiger partial charge in [-0.2, -0.15) is 0 Å². The predicted molar refractivity (Wildman–Crippen MR) is 115 cm³/mol. The molecule has 3 nitrogen and oxygen atoms in total. The van der Waals surface area contributed by atoms with Crippen molar-refractivity contribution >= 4 is 6.16 Å². The molecule has 2 aromatic rings. The third kappa shape index (κ3) is 7.03. The Hall–Kier alpha value is -2.29. The predicted octanol–water partition coefficient (Wildman–Crippen LogP) is 7.43. The summed E-state index contributed by atoms with van der Waals surface area (Å²) in [6, 6.07) is 16.0. The van der Waals surface area contributed by atoms with Gasteiger partial charge >= 0.3 is 6.16 Å². The van der Waals surface area contributed by atoms with E-state index in [4.69, 9.17) is 9.47 Å². The van der Waals surface area contributed by atoms with Crippen LogP contribution in [0.25, 0.3) is 0 Å². The van der Waals surface area contributed by atoms with Gasteiger partial charge in [0.2, 0.25) is 0 Å². The zero-order chi connectivity index (χ0) is 20.2. The smallest absolute Gasteiger partial charge is 0.426 e. The molecule has 0 aliphatic carbocycles. The first kappa shape index (κ1) is 22.0. The second kappa shape index (κ2) is 12.2. The van der Waals surface area contributed by atoms with Crippen molar-refractivity contribution in [1.82, 2.24) is 0 Å². The molecule has 2 aromatic carbocycles. The van der Waals surface area contributed by atoms with Gasteiger partial charge in [-0.1, -0.05) is 88.9 Å². The van der Waals surface area contributed by atoms with E-state index < -0.39 is 6.16 Å². The Morgan fingerprint density at radius 3 is 2.32 bits per heavy atom. The third-order valence-corrected chi connectivity index (χ3v) is 4.86. The van der Waals surface area contributed by atoms with Crippen LogP contribution in [0, 0.1) is 0 Å². The largest absolute Gasteiger partial charge is 0.514 e. The van der Waals surface area contributed by atoms with Crippen molar-refractivity contribution in [1.29, 1.82) is 0 Å². The Morgan fingerprint density at radius 1 is 0.893 bits per heavy atom. The van der Waals surface area contributed by atoms with Gasteiger partial charge in [-0.3, -0.25) is 0 Å². The molecule has 28 heavy (non-hydrogen) atoms. The number of ether oxygens (including phenoxy) is 2. The minimum atomic E-state index is -0.619. The summed E-state index contributed by atoms with van der Waals surface area (Å²) in [5.74, 6) is 0.618. The molecule has 3 heteroatoms. The van der Waals surface area contributed by atoms with Gasteiger partial charge in [-0.05, 0) is 48.4 Å². The van der Waals surface area contributed by atoms with Crippen molar-refractivity contribution in [2.24, 2.45) is 0 Å². The van der Waals surface area contributed by atoms with E-state index in [2.05, 4.69) is 26.8 Å². The number of rotatable bonds is 11. The van der Waals surface area contributed by atoms with Crippen molar-refractivity contribution in [3.8, 4) is 5.75 Å². The Bertz CT molecular complexity index is 709. The standard InChI is InChI=1S/C25H34O3/c1-4-7-9-16-23(21-14-10-8-11-15-21)27-25(26)28-24-18-17-20(12-5-2)19-22(24)13-6-3/h8,10-11,14-15,17-19,23H,4-7,9,12-13,16H2,1-3H3. The van der Waals surface area contributed by atoms with Crippen LogP contribution in [-0.2, 0) is 17.6 Å². The van der Waals surface area contributed by atoms with Gasteiger partial charge in [0.1, 0.15) is 11.9 Å². The first-order chi connectivity index (χ1) is 13.7.